The minimum Gasteiger partial charge on any atom is -0.412 e. The average molecular weight is 343 g/mol. The lowest BCUT2D eigenvalue weighted by Gasteiger charge is -2.32. The van der Waals surface area contributed by atoms with E-state index in [-0.39, 0.29) is 0 Å². The fraction of sp³-hybridized carbons (Fsp3) is 0.625. The predicted octanol–water partition coefficient (Wildman–Crippen LogP) is 5.24. The number of rotatable bonds is 9. The lowest BCUT2D eigenvalue weighted by Crippen LogP contribution is -2.50. The largest absolute Gasteiger partial charge is 0.412 e. The molecule has 0 aliphatic heterocycles. The van der Waals surface area contributed by atoms with Crippen LogP contribution in [0.1, 0.15) is 46.5 Å². The van der Waals surface area contributed by atoms with Gasteiger partial charge in [-0.25, -0.2) is 0 Å². The highest BCUT2D eigenvalue weighted by molar-refractivity contribution is 9.10. The zero-order chi connectivity index (χ0) is 14.1. The monoisotopic (exact) mass is 342 g/mol. The number of hydrogen-bond donors (Lipinski definition) is 0. The predicted molar refractivity (Wildman–Crippen MR) is 90.6 cm³/mol. The Hall–Kier alpha value is -0.123. The van der Waals surface area contributed by atoms with Crippen LogP contribution in [-0.4, -0.2) is 14.9 Å². The number of unbranched alkanes of at least 4 members (excludes halogenated alkanes) is 1. The highest BCUT2D eigenvalue weighted by atomic mass is 79.9. The molecule has 1 aromatic carbocycles. The Morgan fingerprint density at radius 2 is 1.53 bits per heavy atom. The summed E-state index contributed by atoms with van der Waals surface area (Å²) in [6, 6.07) is 11.3. The van der Waals surface area contributed by atoms with Crippen LogP contribution >= 0.6 is 15.9 Å². The van der Waals surface area contributed by atoms with Crippen LogP contribution in [0.15, 0.2) is 28.7 Å². The molecule has 19 heavy (non-hydrogen) atoms. The second-order valence-electron chi connectivity index (χ2n) is 5.20. The second-order valence-corrected chi connectivity index (χ2v) is 9.97. The topological polar surface area (TPSA) is 9.23 Å². The number of halogens is 1. The summed E-state index contributed by atoms with van der Waals surface area (Å²) in [4.78, 5) is 0. The van der Waals surface area contributed by atoms with Crippen LogP contribution in [0.25, 0.3) is 0 Å². The molecule has 0 aliphatic rings. The molecule has 108 valence electrons. The van der Waals surface area contributed by atoms with Crippen molar-refractivity contribution in [3.8, 4) is 0 Å². The van der Waals surface area contributed by atoms with Gasteiger partial charge in [0.2, 0.25) is 8.32 Å². The van der Waals surface area contributed by atoms with Crippen molar-refractivity contribution in [3.05, 3.63) is 28.7 Å². The van der Waals surface area contributed by atoms with E-state index in [2.05, 4.69) is 61.0 Å². The van der Waals surface area contributed by atoms with Gasteiger partial charge in [0.05, 0.1) is 0 Å². The molecule has 0 saturated carbocycles. The van der Waals surface area contributed by atoms with Gasteiger partial charge in [0.25, 0.3) is 0 Å². The molecule has 0 N–H and O–H groups in total. The minimum atomic E-state index is -1.75. The van der Waals surface area contributed by atoms with Gasteiger partial charge in [-0.3, -0.25) is 0 Å². The fourth-order valence-electron chi connectivity index (χ4n) is 2.61. The molecule has 0 aliphatic carbocycles. The third-order valence-corrected chi connectivity index (χ3v) is 8.84. The first-order valence-corrected chi connectivity index (χ1v) is 10.7. The fourth-order valence-corrected chi connectivity index (χ4v) is 7.09. The van der Waals surface area contributed by atoms with Crippen molar-refractivity contribution in [1.82, 2.24) is 0 Å². The van der Waals surface area contributed by atoms with Crippen molar-refractivity contribution in [2.24, 2.45) is 0 Å². The van der Waals surface area contributed by atoms with Crippen molar-refractivity contribution in [2.45, 2.75) is 58.5 Å². The van der Waals surface area contributed by atoms with E-state index < -0.39 is 8.32 Å². The summed E-state index contributed by atoms with van der Waals surface area (Å²) < 4.78 is 7.65. The van der Waals surface area contributed by atoms with Crippen LogP contribution in [-0.2, 0) is 4.43 Å². The Balaban J connectivity index is 2.95. The SMILES string of the molecule is CCCCO[Si](CCC)(CCC)c1ccc(Br)cc1. The molecule has 0 amide bonds. The third kappa shape index (κ3) is 5.05. The van der Waals surface area contributed by atoms with Crippen molar-refractivity contribution < 1.29 is 4.43 Å². The van der Waals surface area contributed by atoms with Crippen LogP contribution in [0.5, 0.6) is 0 Å². The Bertz CT molecular complexity index is 344. The highest BCUT2D eigenvalue weighted by Gasteiger charge is 2.35. The molecule has 3 heteroatoms. The van der Waals surface area contributed by atoms with Gasteiger partial charge in [-0.05, 0) is 35.8 Å². The lowest BCUT2D eigenvalue weighted by molar-refractivity contribution is 0.297. The second kappa shape index (κ2) is 8.93. The summed E-state index contributed by atoms with van der Waals surface area (Å²) >= 11 is 3.53. The summed E-state index contributed by atoms with van der Waals surface area (Å²) in [5.74, 6) is 0. The summed E-state index contributed by atoms with van der Waals surface area (Å²) in [6.07, 6.45) is 4.82. The van der Waals surface area contributed by atoms with Gasteiger partial charge in [-0.15, -0.1) is 0 Å². The summed E-state index contributed by atoms with van der Waals surface area (Å²) in [7, 11) is -1.75. The van der Waals surface area contributed by atoms with E-state index in [1.54, 1.807) is 0 Å². The summed E-state index contributed by atoms with van der Waals surface area (Å²) in [6.45, 7) is 7.71. The van der Waals surface area contributed by atoms with E-state index in [9.17, 15) is 0 Å². The zero-order valence-corrected chi connectivity index (χ0v) is 15.1. The highest BCUT2D eigenvalue weighted by Crippen LogP contribution is 2.23. The van der Waals surface area contributed by atoms with Crippen LogP contribution in [0, 0.1) is 0 Å². The molecule has 1 rings (SSSR count). The van der Waals surface area contributed by atoms with Gasteiger partial charge in [-0.1, -0.05) is 68.1 Å². The molecule has 0 bridgehead atoms. The normalized spacial score (nSPS) is 11.8. The standard InChI is InChI=1S/C16H27BrOSi/c1-4-7-12-18-19(13-5-2,14-6-3)16-10-8-15(17)9-11-16/h8-11H,4-7,12-14H2,1-3H3. The quantitative estimate of drug-likeness (QED) is 0.440. The Morgan fingerprint density at radius 1 is 0.947 bits per heavy atom. The van der Waals surface area contributed by atoms with E-state index in [1.165, 1.54) is 43.0 Å². The van der Waals surface area contributed by atoms with Crippen LogP contribution in [0.3, 0.4) is 0 Å². The van der Waals surface area contributed by atoms with E-state index in [0.717, 1.165) is 11.1 Å². The maximum Gasteiger partial charge on any atom is 0.224 e. The molecule has 0 fully saturated rings. The van der Waals surface area contributed by atoms with Gasteiger partial charge >= 0.3 is 0 Å². The van der Waals surface area contributed by atoms with Gasteiger partial charge in [-0.2, -0.15) is 0 Å². The van der Waals surface area contributed by atoms with Crippen molar-refractivity contribution >= 4 is 29.4 Å². The lowest BCUT2D eigenvalue weighted by atomic mass is 10.4. The maximum atomic E-state index is 6.50. The minimum absolute atomic E-state index is 0.929. The smallest absolute Gasteiger partial charge is 0.224 e. The Kier molecular flexibility index (Phi) is 7.96. The first-order chi connectivity index (χ1) is 9.18. The number of hydrogen-bond acceptors (Lipinski definition) is 1. The van der Waals surface area contributed by atoms with Gasteiger partial charge in [0, 0.05) is 11.1 Å². The summed E-state index contributed by atoms with van der Waals surface area (Å²) in [5.41, 5.74) is 0. The van der Waals surface area contributed by atoms with E-state index in [0.29, 0.717) is 0 Å². The molecule has 0 heterocycles. The Labute approximate surface area is 128 Å². The summed E-state index contributed by atoms with van der Waals surface area (Å²) in [5, 5.41) is 1.47. The maximum absolute atomic E-state index is 6.50. The van der Waals surface area contributed by atoms with Crippen molar-refractivity contribution in [3.63, 3.8) is 0 Å². The molecule has 0 spiro atoms. The van der Waals surface area contributed by atoms with Gasteiger partial charge < -0.3 is 4.43 Å². The molecule has 1 nitrogen and oxygen atoms in total. The molecule has 0 unspecified atom stereocenters. The van der Waals surface area contributed by atoms with E-state index in [4.69, 9.17) is 4.43 Å². The van der Waals surface area contributed by atoms with E-state index >= 15 is 0 Å². The van der Waals surface area contributed by atoms with Crippen LogP contribution in [0.4, 0.5) is 0 Å². The first-order valence-electron chi connectivity index (χ1n) is 7.58. The van der Waals surface area contributed by atoms with Crippen molar-refractivity contribution in [2.75, 3.05) is 6.61 Å². The molecule has 0 atom stereocenters. The molecular weight excluding hydrogens is 316 g/mol. The molecule has 1 aromatic rings. The first kappa shape index (κ1) is 16.9. The average Bonchev–Trinajstić information content (AvgIpc) is 2.40. The van der Waals surface area contributed by atoms with Gasteiger partial charge in [0.1, 0.15) is 0 Å². The van der Waals surface area contributed by atoms with Gasteiger partial charge in [0.15, 0.2) is 0 Å². The number of benzene rings is 1. The molecular formula is C16H27BrOSi. The van der Waals surface area contributed by atoms with Crippen molar-refractivity contribution in [1.29, 1.82) is 0 Å². The van der Waals surface area contributed by atoms with Crippen LogP contribution in [0.2, 0.25) is 12.1 Å². The van der Waals surface area contributed by atoms with E-state index in [1.807, 2.05) is 0 Å². The molecule has 0 aromatic heterocycles. The third-order valence-electron chi connectivity index (χ3n) is 3.55. The molecule has 0 radical (unpaired) electrons. The van der Waals surface area contributed by atoms with Crippen LogP contribution < -0.4 is 5.19 Å². The molecule has 0 saturated heterocycles. The Morgan fingerprint density at radius 3 is 2.00 bits per heavy atom. The zero-order valence-electron chi connectivity index (χ0n) is 12.5.